The zero-order chi connectivity index (χ0) is 25.4. The minimum atomic E-state index is -2.60. The molecule has 3 atom stereocenters. The third kappa shape index (κ3) is 4.98. The van der Waals surface area contributed by atoms with Crippen LogP contribution in [-0.4, -0.2) is 34.2 Å². The number of aliphatic carboxylic acids is 1. The van der Waals surface area contributed by atoms with Gasteiger partial charge in [0.05, 0.1) is 17.6 Å². The van der Waals surface area contributed by atoms with Crippen molar-refractivity contribution in [3.8, 4) is 5.75 Å². The number of hydrogen-bond donors (Lipinski definition) is 1. The number of hydrogen-bond acceptors (Lipinski definition) is 3. The van der Waals surface area contributed by atoms with Gasteiger partial charge in [0.2, 0.25) is 0 Å². The summed E-state index contributed by atoms with van der Waals surface area (Å²) in [7, 11) is 0. The molecule has 0 radical (unpaired) electrons. The molecule has 5 rings (SSSR count). The summed E-state index contributed by atoms with van der Waals surface area (Å²) in [6, 6.07) is 10.3. The normalized spacial score (nSPS) is 29.9. The van der Waals surface area contributed by atoms with E-state index in [2.05, 4.69) is 24.8 Å². The number of halogens is 2. The molecule has 0 spiro atoms. The first-order valence-corrected chi connectivity index (χ1v) is 13.9. The van der Waals surface area contributed by atoms with E-state index in [-0.39, 0.29) is 35.7 Å². The third-order valence-electron chi connectivity index (χ3n) is 9.03. The van der Waals surface area contributed by atoms with Gasteiger partial charge in [-0.15, -0.1) is 0 Å². The van der Waals surface area contributed by atoms with Crippen LogP contribution in [0.15, 0.2) is 30.3 Å². The average molecular weight is 500 g/mol. The smallest absolute Gasteiger partial charge is 0.306 e. The fraction of sp³-hybridized carbons (Fsp3) is 0.633. The molecule has 0 amide bonds. The van der Waals surface area contributed by atoms with E-state index in [1.165, 1.54) is 0 Å². The van der Waals surface area contributed by atoms with Crippen molar-refractivity contribution in [1.29, 1.82) is 0 Å². The van der Waals surface area contributed by atoms with E-state index in [4.69, 9.17) is 4.74 Å². The predicted molar refractivity (Wildman–Crippen MR) is 138 cm³/mol. The molecule has 2 bridgehead atoms. The Hall–Kier alpha value is -2.21. The highest BCUT2D eigenvalue weighted by Crippen LogP contribution is 2.45. The maximum atomic E-state index is 14.3. The second-order valence-corrected chi connectivity index (χ2v) is 11.4. The van der Waals surface area contributed by atoms with Gasteiger partial charge in [0, 0.05) is 18.1 Å². The molecule has 6 heteroatoms. The molecular weight excluding hydrogens is 460 g/mol. The number of carboxylic acid groups (broad SMARTS) is 1. The molecule has 2 aromatic carbocycles. The van der Waals surface area contributed by atoms with Gasteiger partial charge >= 0.3 is 5.97 Å². The zero-order valence-corrected chi connectivity index (χ0v) is 21.5. The van der Waals surface area contributed by atoms with Crippen molar-refractivity contribution in [2.45, 2.75) is 109 Å². The zero-order valence-electron chi connectivity index (χ0n) is 21.5. The Morgan fingerprint density at radius 2 is 1.75 bits per heavy atom. The minimum Gasteiger partial charge on any atom is -0.490 e. The predicted octanol–water partition coefficient (Wildman–Crippen LogP) is 7.90. The highest BCUT2D eigenvalue weighted by atomic mass is 19.3. The van der Waals surface area contributed by atoms with Crippen LogP contribution in [0.3, 0.4) is 0 Å². The number of piperidine rings is 2. The summed E-state index contributed by atoms with van der Waals surface area (Å²) < 4.78 is 34.8. The number of carboxylic acids is 1. The van der Waals surface area contributed by atoms with Crippen molar-refractivity contribution in [2.75, 3.05) is 0 Å². The molecule has 0 aromatic heterocycles. The molecule has 1 saturated carbocycles. The summed E-state index contributed by atoms with van der Waals surface area (Å²) in [5.74, 6) is 0.0631. The number of fused-ring (bicyclic) bond motifs is 3. The molecule has 3 fully saturated rings. The second-order valence-electron chi connectivity index (χ2n) is 11.4. The maximum absolute atomic E-state index is 14.3. The lowest BCUT2D eigenvalue weighted by Gasteiger charge is -2.51. The quantitative estimate of drug-likeness (QED) is 0.421. The Morgan fingerprint density at radius 3 is 2.36 bits per heavy atom. The van der Waals surface area contributed by atoms with Gasteiger partial charge in [0.15, 0.2) is 0 Å². The van der Waals surface area contributed by atoms with Gasteiger partial charge in [0.25, 0.3) is 6.43 Å². The fourth-order valence-electron chi connectivity index (χ4n) is 7.16. The number of ether oxygens (including phenoxy) is 1. The molecular formula is C30H39F2NO3. The van der Waals surface area contributed by atoms with Gasteiger partial charge < -0.3 is 9.84 Å². The molecule has 2 heterocycles. The van der Waals surface area contributed by atoms with Gasteiger partial charge in [-0.1, -0.05) is 38.5 Å². The lowest BCUT2D eigenvalue weighted by Crippen LogP contribution is -2.54. The van der Waals surface area contributed by atoms with Gasteiger partial charge in [-0.3, -0.25) is 9.69 Å². The van der Waals surface area contributed by atoms with E-state index in [0.717, 1.165) is 62.3 Å². The molecule has 3 aliphatic rings. The molecule has 36 heavy (non-hydrogen) atoms. The standard InChI is InChI=1S/C30H39F2NO3/c1-3-26(33-22-5-4-6-23(33)17-21(16-22)30(34)35)20-9-13-25-19(15-20)10-14-27(28(25)29(31)32)36-24-11-7-18(2)8-12-24/h9-10,13-15,18,21-24,26,29H,3-8,11-12,16-17H2,1-2H3,(H,34,35)/t18-,21?,22?,23?,24+,26?. The highest BCUT2D eigenvalue weighted by Gasteiger charge is 2.43. The molecule has 3 unspecified atom stereocenters. The van der Waals surface area contributed by atoms with E-state index in [1.54, 1.807) is 6.07 Å². The van der Waals surface area contributed by atoms with E-state index in [9.17, 15) is 18.7 Å². The van der Waals surface area contributed by atoms with Crippen LogP contribution in [0, 0.1) is 11.8 Å². The minimum absolute atomic E-state index is 0.00450. The summed E-state index contributed by atoms with van der Waals surface area (Å²) in [4.78, 5) is 14.3. The monoisotopic (exact) mass is 499 g/mol. The average Bonchev–Trinajstić information content (AvgIpc) is 2.85. The van der Waals surface area contributed by atoms with Crippen LogP contribution in [0.5, 0.6) is 5.75 Å². The van der Waals surface area contributed by atoms with Crippen molar-refractivity contribution in [2.24, 2.45) is 11.8 Å². The van der Waals surface area contributed by atoms with Crippen molar-refractivity contribution in [3.63, 3.8) is 0 Å². The van der Waals surface area contributed by atoms with Crippen LogP contribution in [0.4, 0.5) is 8.78 Å². The molecule has 2 saturated heterocycles. The van der Waals surface area contributed by atoms with Gasteiger partial charge in [-0.05, 0) is 92.2 Å². The summed E-state index contributed by atoms with van der Waals surface area (Å²) in [6.45, 7) is 4.40. The topological polar surface area (TPSA) is 49.8 Å². The van der Waals surface area contributed by atoms with Crippen LogP contribution in [0.1, 0.15) is 102 Å². The Kier molecular flexibility index (Phi) is 7.52. The van der Waals surface area contributed by atoms with Gasteiger partial charge in [-0.25, -0.2) is 8.78 Å². The SMILES string of the molecule is CCC(c1ccc2c(C(F)F)c(O[C@H]3CC[C@@H](C)CC3)ccc2c1)N1C2CCCC1CC(C(=O)O)C2. The summed E-state index contributed by atoms with van der Waals surface area (Å²) in [5.41, 5.74) is 1.13. The van der Waals surface area contributed by atoms with Crippen LogP contribution >= 0.6 is 0 Å². The lowest BCUT2D eigenvalue weighted by atomic mass is 9.76. The Bertz CT molecular complexity index is 1070. The number of carbonyl (C=O) groups is 1. The molecule has 196 valence electrons. The lowest BCUT2D eigenvalue weighted by molar-refractivity contribution is -0.147. The van der Waals surface area contributed by atoms with Crippen LogP contribution in [-0.2, 0) is 4.79 Å². The Balaban J connectivity index is 1.43. The number of rotatable bonds is 7. The van der Waals surface area contributed by atoms with Crippen molar-refractivity contribution < 1.29 is 23.4 Å². The van der Waals surface area contributed by atoms with E-state index in [0.29, 0.717) is 29.9 Å². The van der Waals surface area contributed by atoms with Crippen LogP contribution in [0.25, 0.3) is 10.8 Å². The second kappa shape index (κ2) is 10.6. The van der Waals surface area contributed by atoms with Crippen LogP contribution in [0.2, 0.25) is 0 Å². The summed E-state index contributed by atoms with van der Waals surface area (Å²) in [5, 5.41) is 11.0. The van der Waals surface area contributed by atoms with Crippen LogP contribution < -0.4 is 4.74 Å². The van der Waals surface area contributed by atoms with Crippen molar-refractivity contribution in [3.05, 3.63) is 41.5 Å². The van der Waals surface area contributed by atoms with Gasteiger partial charge in [0.1, 0.15) is 5.75 Å². The summed E-state index contributed by atoms with van der Waals surface area (Å²) in [6.07, 6.45) is 6.90. The first-order chi connectivity index (χ1) is 17.4. The van der Waals surface area contributed by atoms with E-state index < -0.39 is 12.4 Å². The number of alkyl halides is 2. The molecule has 2 aliphatic heterocycles. The molecule has 2 aromatic rings. The van der Waals surface area contributed by atoms with E-state index >= 15 is 0 Å². The first-order valence-electron chi connectivity index (χ1n) is 13.9. The molecule has 1 N–H and O–H groups in total. The largest absolute Gasteiger partial charge is 0.490 e. The van der Waals surface area contributed by atoms with Gasteiger partial charge in [-0.2, -0.15) is 0 Å². The highest BCUT2D eigenvalue weighted by molar-refractivity contribution is 5.88. The van der Waals surface area contributed by atoms with Crippen molar-refractivity contribution in [1.82, 2.24) is 4.90 Å². The number of benzene rings is 2. The van der Waals surface area contributed by atoms with E-state index in [1.807, 2.05) is 18.2 Å². The van der Waals surface area contributed by atoms with Crippen molar-refractivity contribution >= 4 is 16.7 Å². The maximum Gasteiger partial charge on any atom is 0.306 e. The Labute approximate surface area is 213 Å². The molecule has 1 aliphatic carbocycles. The fourth-order valence-corrected chi connectivity index (χ4v) is 7.16. The molecule has 4 nitrogen and oxygen atoms in total. The Morgan fingerprint density at radius 1 is 1.06 bits per heavy atom. The summed E-state index contributed by atoms with van der Waals surface area (Å²) >= 11 is 0. The third-order valence-corrected chi connectivity index (χ3v) is 9.03. The number of nitrogens with zero attached hydrogens (tertiary/aromatic N) is 1. The first kappa shape index (κ1) is 25.4.